The Hall–Kier alpha value is -2.12. The van der Waals surface area contributed by atoms with Gasteiger partial charge in [-0.1, -0.05) is 85.4 Å². The van der Waals surface area contributed by atoms with Crippen LogP contribution < -0.4 is 5.32 Å². The van der Waals surface area contributed by atoms with Gasteiger partial charge in [0.25, 0.3) is 0 Å². The number of amides is 1. The molecule has 224 valence electrons. The number of carbonyl (C=O) groups excluding carboxylic acids is 2. The minimum absolute atomic E-state index is 0.0549. The summed E-state index contributed by atoms with van der Waals surface area (Å²) in [7, 11) is 1.31. The Bertz CT molecular complexity index is 1080. The number of methoxy groups -OCH3 is 1. The van der Waals surface area contributed by atoms with Crippen LogP contribution >= 0.6 is 23.2 Å². The molecule has 0 radical (unpaired) electrons. The van der Waals surface area contributed by atoms with Gasteiger partial charge in [-0.25, -0.2) is 4.79 Å². The van der Waals surface area contributed by atoms with Gasteiger partial charge in [0.1, 0.15) is 6.04 Å². The molecule has 1 amide bonds. The minimum Gasteiger partial charge on any atom is -0.465 e. The van der Waals surface area contributed by atoms with Gasteiger partial charge < -0.3 is 14.4 Å². The predicted octanol–water partition coefficient (Wildman–Crippen LogP) is 7.76. The Morgan fingerprint density at radius 2 is 1.85 bits per heavy atom. The van der Waals surface area contributed by atoms with Gasteiger partial charge in [-0.2, -0.15) is 0 Å². The van der Waals surface area contributed by atoms with Crippen LogP contribution in [0, 0.1) is 5.41 Å². The zero-order valence-corrected chi connectivity index (χ0v) is 27.2. The first-order valence-corrected chi connectivity index (χ1v) is 15.0. The lowest BCUT2D eigenvalue weighted by Crippen LogP contribution is -2.61. The van der Waals surface area contributed by atoms with Crippen molar-refractivity contribution in [2.24, 2.45) is 5.41 Å². The van der Waals surface area contributed by atoms with E-state index in [-0.39, 0.29) is 29.0 Å². The molecular formula is C32H48Cl2N2O4. The number of carbonyl (C=O) groups is 2. The van der Waals surface area contributed by atoms with E-state index in [0.29, 0.717) is 35.9 Å². The van der Waals surface area contributed by atoms with Gasteiger partial charge in [0.15, 0.2) is 0 Å². The van der Waals surface area contributed by atoms with E-state index in [2.05, 4.69) is 39.2 Å². The maximum Gasteiger partial charge on any atom is 0.337 e. The fourth-order valence-electron chi connectivity index (χ4n) is 4.91. The van der Waals surface area contributed by atoms with E-state index in [1.165, 1.54) is 7.11 Å². The molecule has 0 bridgehead atoms. The molecule has 0 aliphatic carbocycles. The number of halogens is 2. The van der Waals surface area contributed by atoms with Crippen LogP contribution in [0.2, 0.25) is 5.02 Å². The van der Waals surface area contributed by atoms with E-state index in [1.54, 1.807) is 18.2 Å². The van der Waals surface area contributed by atoms with E-state index in [1.807, 2.05) is 51.7 Å². The molecule has 1 aromatic carbocycles. The third-order valence-electron chi connectivity index (χ3n) is 7.02. The summed E-state index contributed by atoms with van der Waals surface area (Å²) < 4.78 is 10.9. The highest BCUT2D eigenvalue weighted by atomic mass is 35.5. The quantitative estimate of drug-likeness (QED) is 0.151. The molecule has 4 atom stereocenters. The van der Waals surface area contributed by atoms with Gasteiger partial charge in [0, 0.05) is 23.7 Å². The number of benzene rings is 1. The van der Waals surface area contributed by atoms with Crippen LogP contribution in [-0.2, 0) is 24.9 Å². The molecule has 1 spiro atoms. The minimum atomic E-state index is -0.642. The number of nitrogens with one attached hydrogen (secondary N) is 1. The average molecular weight is 596 g/mol. The molecule has 1 N–H and O–H groups in total. The molecule has 0 aromatic heterocycles. The van der Waals surface area contributed by atoms with Crippen molar-refractivity contribution in [1.29, 1.82) is 0 Å². The van der Waals surface area contributed by atoms with E-state index < -0.39 is 17.7 Å². The molecule has 2 heterocycles. The molecular weight excluding hydrogens is 547 g/mol. The second-order valence-corrected chi connectivity index (χ2v) is 11.3. The maximum atomic E-state index is 14.1. The molecule has 2 saturated heterocycles. The van der Waals surface area contributed by atoms with E-state index >= 15 is 0 Å². The molecule has 3 rings (SSSR count). The lowest BCUT2D eigenvalue weighted by atomic mass is 9.80. The number of esters is 1. The van der Waals surface area contributed by atoms with Crippen molar-refractivity contribution in [3.05, 3.63) is 70.8 Å². The number of hydrogen-bond donors (Lipinski definition) is 1. The molecule has 1 aromatic rings. The normalized spacial score (nSPS) is 23.2. The van der Waals surface area contributed by atoms with Crippen LogP contribution in [0.3, 0.4) is 0 Å². The number of rotatable bonds is 7. The highest BCUT2D eigenvalue weighted by Gasteiger charge is 2.56. The summed E-state index contributed by atoms with van der Waals surface area (Å²) in [5, 5.41) is 4.20. The summed E-state index contributed by atoms with van der Waals surface area (Å²) in [6.45, 7) is 24.8. The number of nitrogens with zero attached hydrogens (tertiary/aromatic N) is 1. The summed E-state index contributed by atoms with van der Waals surface area (Å²) in [6.07, 6.45) is 4.47. The SMILES string of the molecule is C=C(/C=C\C(=C)C(C)N1C(=O)C(c2cc(Cl)cc(CCl)c2)NC12CCOC(C(C)(C)C)C2)C(=O)OC.CC.CC. The number of ether oxygens (including phenoxy) is 2. The van der Waals surface area contributed by atoms with Crippen LogP contribution in [0.4, 0.5) is 0 Å². The fourth-order valence-corrected chi connectivity index (χ4v) is 5.33. The molecule has 40 heavy (non-hydrogen) atoms. The van der Waals surface area contributed by atoms with Crippen molar-refractivity contribution in [2.45, 2.75) is 98.0 Å². The van der Waals surface area contributed by atoms with Gasteiger partial charge in [-0.05, 0) is 47.2 Å². The molecule has 4 unspecified atom stereocenters. The van der Waals surface area contributed by atoms with Gasteiger partial charge in [0.05, 0.1) is 37.1 Å². The summed E-state index contributed by atoms with van der Waals surface area (Å²) in [5.74, 6) is -0.289. The summed E-state index contributed by atoms with van der Waals surface area (Å²) >= 11 is 12.5. The van der Waals surface area contributed by atoms with Crippen molar-refractivity contribution in [3.63, 3.8) is 0 Å². The third kappa shape index (κ3) is 8.45. The molecule has 8 heteroatoms. The van der Waals surface area contributed by atoms with Gasteiger partial charge in [-0.15, -0.1) is 11.6 Å². The zero-order valence-electron chi connectivity index (χ0n) is 25.7. The summed E-state index contributed by atoms with van der Waals surface area (Å²) in [4.78, 5) is 27.7. The van der Waals surface area contributed by atoms with Crippen LogP contribution in [0.5, 0.6) is 0 Å². The first kappa shape index (κ1) is 35.9. The first-order chi connectivity index (χ1) is 18.8. The number of hydrogen-bond acceptors (Lipinski definition) is 5. The first-order valence-electron chi connectivity index (χ1n) is 14.0. The van der Waals surface area contributed by atoms with Gasteiger partial charge in [-0.3, -0.25) is 10.1 Å². The number of alkyl halides is 1. The van der Waals surface area contributed by atoms with E-state index in [0.717, 1.165) is 11.1 Å². The van der Waals surface area contributed by atoms with Crippen molar-refractivity contribution in [1.82, 2.24) is 10.2 Å². The van der Waals surface area contributed by atoms with E-state index in [9.17, 15) is 9.59 Å². The fraction of sp³-hybridized carbons (Fsp3) is 0.562. The summed E-state index contributed by atoms with van der Waals surface area (Å²) in [5.41, 5.74) is 1.75. The average Bonchev–Trinajstić information content (AvgIpc) is 3.22. The Balaban J connectivity index is 0.00000191. The van der Waals surface area contributed by atoms with E-state index in [4.69, 9.17) is 32.7 Å². The Labute approximate surface area is 251 Å². The molecule has 0 saturated carbocycles. The van der Waals surface area contributed by atoms with Crippen LogP contribution in [-0.4, -0.2) is 48.3 Å². The molecule has 2 aliphatic heterocycles. The predicted molar refractivity (Wildman–Crippen MR) is 166 cm³/mol. The highest BCUT2D eigenvalue weighted by Crippen LogP contribution is 2.44. The van der Waals surface area contributed by atoms with Crippen LogP contribution in [0.1, 0.15) is 85.4 Å². The highest BCUT2D eigenvalue weighted by molar-refractivity contribution is 6.30. The second-order valence-electron chi connectivity index (χ2n) is 10.6. The molecule has 6 nitrogen and oxygen atoms in total. The van der Waals surface area contributed by atoms with Crippen molar-refractivity contribution >= 4 is 35.1 Å². The van der Waals surface area contributed by atoms with Crippen molar-refractivity contribution in [3.8, 4) is 0 Å². The molecule has 2 aliphatic rings. The lowest BCUT2D eigenvalue weighted by molar-refractivity contribution is -0.144. The second kappa shape index (κ2) is 15.8. The van der Waals surface area contributed by atoms with Gasteiger partial charge in [0.2, 0.25) is 5.91 Å². The third-order valence-corrected chi connectivity index (χ3v) is 7.55. The van der Waals surface area contributed by atoms with Crippen LogP contribution in [0.25, 0.3) is 0 Å². The van der Waals surface area contributed by atoms with Crippen molar-refractivity contribution in [2.75, 3.05) is 13.7 Å². The topological polar surface area (TPSA) is 67.9 Å². The lowest BCUT2D eigenvalue weighted by Gasteiger charge is -2.49. The zero-order chi connectivity index (χ0) is 30.8. The monoisotopic (exact) mass is 594 g/mol. The Kier molecular flexibility index (Phi) is 14.2. The van der Waals surface area contributed by atoms with Gasteiger partial charge >= 0.3 is 5.97 Å². The largest absolute Gasteiger partial charge is 0.465 e. The van der Waals surface area contributed by atoms with Crippen molar-refractivity contribution < 1.29 is 19.1 Å². The Morgan fingerprint density at radius 3 is 2.40 bits per heavy atom. The Morgan fingerprint density at radius 1 is 1.23 bits per heavy atom. The molecule has 2 fully saturated rings. The maximum absolute atomic E-state index is 14.1. The summed E-state index contributed by atoms with van der Waals surface area (Å²) in [6, 6.07) is 4.59. The smallest absolute Gasteiger partial charge is 0.337 e. The van der Waals surface area contributed by atoms with Crippen LogP contribution in [0.15, 0.2) is 54.7 Å². The standard InChI is InChI=1S/C28H36Cl2N2O4.2C2H6/c1-17(8-9-18(2)26(34)35-7)19(3)32-25(33)24(21-12-20(16-29)13-22(30)14-21)31-28(32)10-11-36-23(15-28)27(4,5)6;2*1-2/h8-9,12-14,19,23-24,31H,1-2,10-11,15-16H2,3-7H3;2*1-2H3/b9-8-;;.